The van der Waals surface area contributed by atoms with Gasteiger partial charge in [-0.25, -0.2) is 4.98 Å². The quantitative estimate of drug-likeness (QED) is 0.559. The molecule has 3 rings (SSSR count). The summed E-state index contributed by atoms with van der Waals surface area (Å²) in [4.78, 5) is 32.2. The Morgan fingerprint density at radius 3 is 2.67 bits per heavy atom. The molecule has 1 saturated heterocycles. The van der Waals surface area contributed by atoms with Crippen molar-refractivity contribution in [2.24, 2.45) is 11.8 Å². The molecule has 2 aromatic rings. The van der Waals surface area contributed by atoms with E-state index in [9.17, 15) is 9.59 Å². The topological polar surface area (TPSA) is 55.2 Å². The van der Waals surface area contributed by atoms with Gasteiger partial charge in [0.25, 0.3) is 5.56 Å². The largest absolute Gasteiger partial charge is 0.342 e. The maximum absolute atomic E-state index is 13.0. The van der Waals surface area contributed by atoms with Crippen molar-refractivity contribution in [2.45, 2.75) is 51.7 Å². The molecule has 0 N–H and O–H groups in total. The molecule has 6 heteroatoms. The minimum absolute atomic E-state index is 0.0111. The number of carbonyl (C=O) groups excluding carboxylic acids is 1. The Morgan fingerprint density at radius 2 is 1.96 bits per heavy atom. The third-order valence-electron chi connectivity index (χ3n) is 5.22. The Bertz CT molecular complexity index is 854. The highest BCUT2D eigenvalue weighted by molar-refractivity contribution is 7.99. The van der Waals surface area contributed by atoms with Gasteiger partial charge in [-0.2, -0.15) is 0 Å². The zero-order chi connectivity index (χ0) is 19.4. The molecule has 0 spiro atoms. The van der Waals surface area contributed by atoms with Crippen molar-refractivity contribution in [1.29, 1.82) is 0 Å². The second-order valence-electron chi connectivity index (χ2n) is 7.90. The lowest BCUT2D eigenvalue weighted by molar-refractivity contribution is -0.129. The zero-order valence-corrected chi connectivity index (χ0v) is 17.3. The van der Waals surface area contributed by atoms with Crippen LogP contribution in [0.25, 0.3) is 10.9 Å². The van der Waals surface area contributed by atoms with Crippen molar-refractivity contribution in [1.82, 2.24) is 14.5 Å². The first-order valence-corrected chi connectivity index (χ1v) is 10.8. The molecular weight excluding hydrogens is 358 g/mol. The normalized spacial score (nSPS) is 15.6. The van der Waals surface area contributed by atoms with Gasteiger partial charge < -0.3 is 4.90 Å². The highest BCUT2D eigenvalue weighted by Gasteiger charge is 2.21. The minimum Gasteiger partial charge on any atom is -0.342 e. The highest BCUT2D eigenvalue weighted by atomic mass is 32.2. The van der Waals surface area contributed by atoms with E-state index in [4.69, 9.17) is 4.98 Å². The molecule has 0 aliphatic carbocycles. The average Bonchev–Trinajstić information content (AvgIpc) is 2.66. The van der Waals surface area contributed by atoms with Crippen molar-refractivity contribution >= 4 is 28.6 Å². The van der Waals surface area contributed by atoms with E-state index in [1.807, 2.05) is 29.2 Å². The van der Waals surface area contributed by atoms with Crippen molar-refractivity contribution in [3.05, 3.63) is 34.6 Å². The fourth-order valence-corrected chi connectivity index (χ4v) is 4.25. The maximum Gasteiger partial charge on any atom is 0.262 e. The van der Waals surface area contributed by atoms with E-state index in [1.165, 1.54) is 11.8 Å². The number of thioether (sulfide) groups is 1. The molecule has 0 atom stereocenters. The Kier molecular flexibility index (Phi) is 6.58. The minimum atomic E-state index is -0.0111. The van der Waals surface area contributed by atoms with E-state index < -0.39 is 0 Å². The van der Waals surface area contributed by atoms with Gasteiger partial charge in [0.05, 0.1) is 16.7 Å². The second kappa shape index (κ2) is 8.91. The van der Waals surface area contributed by atoms with Gasteiger partial charge in [-0.05, 0) is 43.2 Å². The number of fused-ring (bicyclic) bond motifs is 1. The SMILES string of the molecule is CC(C)CCn1c(SCC(=O)N2CCC(C)CC2)nc2ccccc2c1=O. The summed E-state index contributed by atoms with van der Waals surface area (Å²) in [6.45, 7) is 8.84. The van der Waals surface area contributed by atoms with Crippen LogP contribution in [-0.2, 0) is 11.3 Å². The van der Waals surface area contributed by atoms with Gasteiger partial charge in [0.1, 0.15) is 0 Å². The first-order chi connectivity index (χ1) is 13.0. The van der Waals surface area contributed by atoms with Crippen LogP contribution in [0.5, 0.6) is 0 Å². The molecule has 146 valence electrons. The van der Waals surface area contributed by atoms with Crippen LogP contribution in [0.2, 0.25) is 0 Å². The van der Waals surface area contributed by atoms with Crippen LogP contribution >= 0.6 is 11.8 Å². The van der Waals surface area contributed by atoms with Crippen molar-refractivity contribution < 1.29 is 4.79 Å². The lowest BCUT2D eigenvalue weighted by Crippen LogP contribution is -2.39. The van der Waals surface area contributed by atoms with Gasteiger partial charge in [-0.1, -0.05) is 44.7 Å². The summed E-state index contributed by atoms with van der Waals surface area (Å²) in [5.74, 6) is 1.67. The van der Waals surface area contributed by atoms with E-state index in [1.54, 1.807) is 4.57 Å². The third kappa shape index (κ3) is 4.92. The second-order valence-corrected chi connectivity index (χ2v) is 8.85. The summed E-state index contributed by atoms with van der Waals surface area (Å²) in [6.07, 6.45) is 3.05. The van der Waals surface area contributed by atoms with E-state index >= 15 is 0 Å². The van der Waals surface area contributed by atoms with Gasteiger partial charge in [0, 0.05) is 19.6 Å². The Labute approximate surface area is 165 Å². The lowest BCUT2D eigenvalue weighted by atomic mass is 9.99. The number of para-hydroxylation sites is 1. The molecule has 0 saturated carbocycles. The van der Waals surface area contributed by atoms with Gasteiger partial charge >= 0.3 is 0 Å². The molecule has 1 amide bonds. The number of benzene rings is 1. The number of amides is 1. The number of aromatic nitrogens is 2. The fraction of sp³-hybridized carbons (Fsp3) is 0.571. The van der Waals surface area contributed by atoms with Crippen molar-refractivity contribution in [3.8, 4) is 0 Å². The summed E-state index contributed by atoms with van der Waals surface area (Å²) in [6, 6.07) is 7.44. The number of likely N-dealkylation sites (tertiary alicyclic amines) is 1. The standard InChI is InChI=1S/C21H29N3O2S/c1-15(2)8-13-24-20(26)17-6-4-5-7-18(17)22-21(24)27-14-19(25)23-11-9-16(3)10-12-23/h4-7,15-16H,8-14H2,1-3H3. The number of hydrogen-bond donors (Lipinski definition) is 0. The molecule has 1 fully saturated rings. The molecule has 2 heterocycles. The summed E-state index contributed by atoms with van der Waals surface area (Å²) in [5.41, 5.74) is 0.688. The van der Waals surface area contributed by atoms with Crippen molar-refractivity contribution in [3.63, 3.8) is 0 Å². The number of carbonyl (C=O) groups is 1. The van der Waals surface area contributed by atoms with Crippen LogP contribution < -0.4 is 5.56 Å². The fourth-order valence-electron chi connectivity index (χ4n) is 3.32. The molecule has 5 nitrogen and oxygen atoms in total. The maximum atomic E-state index is 13.0. The molecule has 1 aliphatic heterocycles. The van der Waals surface area contributed by atoms with Crippen LogP contribution in [-0.4, -0.2) is 39.2 Å². The molecule has 1 aromatic heterocycles. The predicted octanol–water partition coefficient (Wildman–Crippen LogP) is 3.79. The van der Waals surface area contributed by atoms with E-state index in [2.05, 4.69) is 20.8 Å². The summed E-state index contributed by atoms with van der Waals surface area (Å²) in [7, 11) is 0. The zero-order valence-electron chi connectivity index (χ0n) is 16.5. The van der Waals surface area contributed by atoms with Crippen LogP contribution in [0.15, 0.2) is 34.2 Å². The number of nitrogens with zero attached hydrogens (tertiary/aromatic N) is 3. The van der Waals surface area contributed by atoms with Crippen molar-refractivity contribution in [2.75, 3.05) is 18.8 Å². The first kappa shape index (κ1) is 19.9. The van der Waals surface area contributed by atoms with E-state index in [-0.39, 0.29) is 11.5 Å². The monoisotopic (exact) mass is 387 g/mol. The molecule has 0 bridgehead atoms. The number of piperidine rings is 1. The van der Waals surface area contributed by atoms with Gasteiger partial charge in [0.2, 0.25) is 5.91 Å². The predicted molar refractivity (Wildman–Crippen MR) is 111 cm³/mol. The average molecular weight is 388 g/mol. The molecule has 0 unspecified atom stereocenters. The highest BCUT2D eigenvalue weighted by Crippen LogP contribution is 2.21. The Hall–Kier alpha value is -1.82. The number of hydrogen-bond acceptors (Lipinski definition) is 4. The smallest absolute Gasteiger partial charge is 0.262 e. The van der Waals surface area contributed by atoms with Gasteiger partial charge in [-0.15, -0.1) is 0 Å². The van der Waals surface area contributed by atoms with E-state index in [0.29, 0.717) is 40.2 Å². The molecular formula is C21H29N3O2S. The lowest BCUT2D eigenvalue weighted by Gasteiger charge is -2.30. The van der Waals surface area contributed by atoms with E-state index in [0.717, 1.165) is 32.4 Å². The van der Waals surface area contributed by atoms with Crippen LogP contribution in [0.3, 0.4) is 0 Å². The first-order valence-electron chi connectivity index (χ1n) is 9.86. The molecule has 1 aliphatic rings. The van der Waals surface area contributed by atoms with Gasteiger partial charge in [0.15, 0.2) is 5.16 Å². The van der Waals surface area contributed by atoms with Crippen LogP contribution in [0, 0.1) is 11.8 Å². The Balaban J connectivity index is 1.80. The summed E-state index contributed by atoms with van der Waals surface area (Å²) >= 11 is 1.39. The summed E-state index contributed by atoms with van der Waals surface area (Å²) < 4.78 is 1.75. The third-order valence-corrected chi connectivity index (χ3v) is 6.18. The molecule has 1 aromatic carbocycles. The Morgan fingerprint density at radius 1 is 1.26 bits per heavy atom. The molecule has 27 heavy (non-hydrogen) atoms. The number of rotatable bonds is 6. The summed E-state index contributed by atoms with van der Waals surface area (Å²) in [5, 5.41) is 1.29. The van der Waals surface area contributed by atoms with Crippen LogP contribution in [0.1, 0.15) is 40.0 Å². The molecule has 0 radical (unpaired) electrons. The van der Waals surface area contributed by atoms with Gasteiger partial charge in [-0.3, -0.25) is 14.2 Å². The van der Waals surface area contributed by atoms with Crippen LogP contribution in [0.4, 0.5) is 0 Å².